The lowest BCUT2D eigenvalue weighted by atomic mass is 10.1. The Labute approximate surface area is 128 Å². The van der Waals surface area contributed by atoms with Gasteiger partial charge < -0.3 is 9.47 Å². The number of amides is 2. The molecule has 0 unspecified atom stereocenters. The zero-order valence-electron chi connectivity index (χ0n) is 12.9. The highest BCUT2D eigenvalue weighted by atomic mass is 16.5. The molecule has 0 radical (unpaired) electrons. The molecule has 8 heteroatoms. The number of alkyl carbamates (subject to hydrolysis) is 2. The van der Waals surface area contributed by atoms with E-state index < -0.39 is 12.2 Å². The molecule has 1 rings (SSSR count). The number of rotatable bonds is 4. The largest absolute Gasteiger partial charge is 0.453 e. The van der Waals surface area contributed by atoms with E-state index in [2.05, 4.69) is 30.1 Å². The van der Waals surface area contributed by atoms with E-state index in [1.165, 1.54) is 14.2 Å². The second-order valence-electron chi connectivity index (χ2n) is 4.37. The Bertz CT molecular complexity index is 508. The highest BCUT2D eigenvalue weighted by Crippen LogP contribution is 2.02. The molecule has 0 fully saturated rings. The number of nitrogens with one attached hydrogen (secondary N) is 2. The first kappa shape index (κ1) is 17.4. The quantitative estimate of drug-likeness (QED) is 0.497. The van der Waals surface area contributed by atoms with E-state index in [-0.39, 0.29) is 5.96 Å². The fraction of sp³-hybridized carbons (Fsp3) is 0.429. The number of carbonyl (C=O) groups is 2. The molecule has 0 aliphatic heterocycles. The molecule has 1 heterocycles. The third-order valence-corrected chi connectivity index (χ3v) is 2.68. The van der Waals surface area contributed by atoms with Gasteiger partial charge in [0.1, 0.15) is 0 Å². The van der Waals surface area contributed by atoms with Crippen molar-refractivity contribution in [2.75, 3.05) is 20.8 Å². The Morgan fingerprint density at radius 2 is 1.82 bits per heavy atom. The Balaban J connectivity index is 2.50. The highest BCUT2D eigenvalue weighted by molar-refractivity contribution is 6.01. The number of ether oxygens (including phenoxy) is 2. The smallest absolute Gasteiger partial charge is 0.413 e. The van der Waals surface area contributed by atoms with Crippen LogP contribution in [0.5, 0.6) is 0 Å². The number of pyridine rings is 1. The summed E-state index contributed by atoms with van der Waals surface area (Å²) in [7, 11) is 2.44. The van der Waals surface area contributed by atoms with Gasteiger partial charge in [-0.1, -0.05) is 6.07 Å². The molecule has 0 aliphatic carbocycles. The lowest BCUT2D eigenvalue weighted by Crippen LogP contribution is -2.44. The number of guanidine groups is 1. The second kappa shape index (κ2) is 9.32. The summed E-state index contributed by atoms with van der Waals surface area (Å²) < 4.78 is 8.90. The molecule has 0 aromatic carbocycles. The maximum atomic E-state index is 11.2. The topological polar surface area (TPSA) is 102 Å². The lowest BCUT2D eigenvalue weighted by molar-refractivity contribution is 0.173. The van der Waals surface area contributed by atoms with Gasteiger partial charge in [-0.15, -0.1) is 0 Å². The van der Waals surface area contributed by atoms with Gasteiger partial charge in [-0.25, -0.2) is 9.59 Å². The zero-order chi connectivity index (χ0) is 16.4. The maximum Gasteiger partial charge on any atom is 0.413 e. The van der Waals surface area contributed by atoms with E-state index in [0.29, 0.717) is 6.54 Å². The molecular weight excluding hydrogens is 288 g/mol. The summed E-state index contributed by atoms with van der Waals surface area (Å²) in [5, 5.41) is 4.61. The Kier molecular flexibility index (Phi) is 7.38. The molecule has 1 aromatic rings. The fourth-order valence-electron chi connectivity index (χ4n) is 1.53. The van der Waals surface area contributed by atoms with E-state index in [1.54, 1.807) is 0 Å². The fourth-order valence-corrected chi connectivity index (χ4v) is 1.53. The van der Waals surface area contributed by atoms with Crippen molar-refractivity contribution in [3.05, 3.63) is 29.6 Å². The minimum absolute atomic E-state index is 0.0132. The molecule has 2 amide bonds. The summed E-state index contributed by atoms with van der Waals surface area (Å²) in [6.07, 6.45) is 1.90. The van der Waals surface area contributed by atoms with Crippen LogP contribution in [0.4, 0.5) is 9.59 Å². The van der Waals surface area contributed by atoms with Gasteiger partial charge in [0.2, 0.25) is 5.96 Å². The van der Waals surface area contributed by atoms with Gasteiger partial charge in [0, 0.05) is 18.4 Å². The Morgan fingerprint density at radius 3 is 2.32 bits per heavy atom. The van der Waals surface area contributed by atoms with Gasteiger partial charge in [-0.3, -0.25) is 20.6 Å². The van der Waals surface area contributed by atoms with Crippen LogP contribution < -0.4 is 10.6 Å². The van der Waals surface area contributed by atoms with E-state index >= 15 is 0 Å². The predicted octanol–water partition coefficient (Wildman–Crippen LogP) is 1.39. The summed E-state index contributed by atoms with van der Waals surface area (Å²) in [5.74, 6) is -0.0132. The molecule has 8 nitrogen and oxygen atoms in total. The number of nitrogens with zero attached hydrogens (tertiary/aromatic N) is 2. The number of hydrogen-bond acceptors (Lipinski definition) is 6. The zero-order valence-corrected chi connectivity index (χ0v) is 12.9. The summed E-state index contributed by atoms with van der Waals surface area (Å²) in [5.41, 5.74) is 2.07. The van der Waals surface area contributed by atoms with Crippen molar-refractivity contribution in [1.82, 2.24) is 15.6 Å². The first-order valence-electron chi connectivity index (χ1n) is 6.71. The van der Waals surface area contributed by atoms with Crippen LogP contribution in [0.15, 0.2) is 23.3 Å². The average Bonchev–Trinajstić information content (AvgIpc) is 2.52. The van der Waals surface area contributed by atoms with Crippen LogP contribution in [0.1, 0.15) is 17.7 Å². The van der Waals surface area contributed by atoms with Crippen LogP contribution in [-0.2, 0) is 15.9 Å². The van der Waals surface area contributed by atoms with Gasteiger partial charge >= 0.3 is 12.2 Å². The average molecular weight is 308 g/mol. The normalized spacial score (nSPS) is 9.59. The van der Waals surface area contributed by atoms with Crippen molar-refractivity contribution in [2.24, 2.45) is 4.99 Å². The molecule has 0 atom stereocenters. The van der Waals surface area contributed by atoms with Crippen molar-refractivity contribution < 1.29 is 19.1 Å². The minimum atomic E-state index is -0.724. The second-order valence-corrected chi connectivity index (χ2v) is 4.37. The van der Waals surface area contributed by atoms with E-state index in [0.717, 1.165) is 24.1 Å². The van der Waals surface area contributed by atoms with Crippen molar-refractivity contribution in [1.29, 1.82) is 0 Å². The Morgan fingerprint density at radius 1 is 1.18 bits per heavy atom. The molecule has 0 saturated carbocycles. The van der Waals surface area contributed by atoms with Crippen molar-refractivity contribution >= 4 is 18.1 Å². The first-order chi connectivity index (χ1) is 10.5. The molecule has 1 aromatic heterocycles. The first-order valence-corrected chi connectivity index (χ1v) is 6.71. The van der Waals surface area contributed by atoms with Gasteiger partial charge in [-0.05, 0) is 31.4 Å². The van der Waals surface area contributed by atoms with Crippen molar-refractivity contribution in [2.45, 2.75) is 19.8 Å². The molecule has 22 heavy (non-hydrogen) atoms. The monoisotopic (exact) mass is 308 g/mol. The third kappa shape index (κ3) is 6.69. The van der Waals surface area contributed by atoms with Crippen LogP contribution in [0.3, 0.4) is 0 Å². The number of aryl methyl sites for hydroxylation is 2. The van der Waals surface area contributed by atoms with Gasteiger partial charge in [0.05, 0.1) is 14.2 Å². The lowest BCUT2D eigenvalue weighted by Gasteiger charge is -2.08. The molecular formula is C14H20N4O4. The number of aromatic nitrogens is 1. The van der Waals surface area contributed by atoms with Crippen LogP contribution in [0.25, 0.3) is 0 Å². The number of methoxy groups -OCH3 is 2. The summed E-state index contributed by atoms with van der Waals surface area (Å²) in [6, 6.07) is 3.95. The maximum absolute atomic E-state index is 11.2. The van der Waals surface area contributed by atoms with Crippen molar-refractivity contribution in [3.63, 3.8) is 0 Å². The van der Waals surface area contributed by atoms with Gasteiger partial charge in [0.15, 0.2) is 0 Å². The van der Waals surface area contributed by atoms with E-state index in [1.807, 2.05) is 25.3 Å². The number of hydrogen-bond donors (Lipinski definition) is 2. The number of aliphatic imine (C=N–C) groups is 1. The minimum Gasteiger partial charge on any atom is -0.453 e. The van der Waals surface area contributed by atoms with E-state index in [4.69, 9.17) is 0 Å². The molecule has 120 valence electrons. The van der Waals surface area contributed by atoms with Gasteiger partial charge in [0.25, 0.3) is 0 Å². The molecule has 2 N–H and O–H groups in total. The summed E-state index contributed by atoms with van der Waals surface area (Å²) in [4.78, 5) is 30.6. The summed E-state index contributed by atoms with van der Waals surface area (Å²) in [6.45, 7) is 2.34. The van der Waals surface area contributed by atoms with Crippen LogP contribution in [0.2, 0.25) is 0 Å². The van der Waals surface area contributed by atoms with Crippen LogP contribution in [-0.4, -0.2) is 43.9 Å². The van der Waals surface area contributed by atoms with Crippen LogP contribution >= 0.6 is 0 Å². The third-order valence-electron chi connectivity index (χ3n) is 2.68. The molecule has 0 bridgehead atoms. The Hall–Kier alpha value is -2.64. The van der Waals surface area contributed by atoms with E-state index in [9.17, 15) is 9.59 Å². The predicted molar refractivity (Wildman–Crippen MR) is 80.7 cm³/mol. The number of carbonyl (C=O) groups excluding carboxylic acids is 2. The van der Waals surface area contributed by atoms with Crippen LogP contribution in [0, 0.1) is 6.92 Å². The SMILES string of the molecule is COC(=O)NC(=NCCCc1ccc(C)nc1)NC(=O)OC. The highest BCUT2D eigenvalue weighted by Gasteiger charge is 2.09. The van der Waals surface area contributed by atoms with Crippen molar-refractivity contribution in [3.8, 4) is 0 Å². The standard InChI is InChI=1S/C14H20N4O4/c1-10-6-7-11(9-16-10)5-4-8-15-12(17-13(19)21-2)18-14(20)22-3/h6-7,9H,4-5,8H2,1-3H3,(H2,15,17,18,19,20). The molecule has 0 saturated heterocycles. The summed E-state index contributed by atoms with van der Waals surface area (Å²) >= 11 is 0. The molecule has 0 aliphatic rings. The molecule has 0 spiro atoms. The van der Waals surface area contributed by atoms with Gasteiger partial charge in [-0.2, -0.15) is 0 Å².